The van der Waals surface area contributed by atoms with Gasteiger partial charge in [0.2, 0.25) is 0 Å². The lowest BCUT2D eigenvalue weighted by atomic mass is 9.85. The second-order valence-corrected chi connectivity index (χ2v) is 12.2. The molecule has 43 heavy (non-hydrogen) atoms. The second kappa shape index (κ2) is 11.0. The number of para-hydroxylation sites is 4. The first-order valence-electron chi connectivity index (χ1n) is 15.9. The van der Waals surface area contributed by atoms with E-state index in [9.17, 15) is 0 Å². The molecule has 1 aromatic heterocycles. The fourth-order valence-electron chi connectivity index (χ4n) is 7.14. The molecule has 0 saturated carbocycles. The Bertz CT molecular complexity index is 1920. The fraction of sp³-hybridized carbons (Fsp3) is 0.250. The number of aromatic nitrogens is 1. The average molecular weight is 564 g/mol. The summed E-state index contributed by atoms with van der Waals surface area (Å²) < 4.78 is 2.42. The molecule has 3 nitrogen and oxygen atoms in total. The van der Waals surface area contributed by atoms with E-state index in [1.807, 2.05) is 0 Å². The molecular weight excluding hydrogens is 522 g/mol. The van der Waals surface area contributed by atoms with Gasteiger partial charge in [-0.1, -0.05) is 82.6 Å². The van der Waals surface area contributed by atoms with E-state index in [1.165, 1.54) is 74.2 Å². The van der Waals surface area contributed by atoms with Crippen LogP contribution in [-0.2, 0) is 7.05 Å². The average Bonchev–Trinajstić information content (AvgIpc) is 3.32. The maximum Gasteiger partial charge on any atom is 0.0724 e. The van der Waals surface area contributed by atoms with Gasteiger partial charge in [-0.25, -0.2) is 0 Å². The first kappa shape index (κ1) is 27.3. The van der Waals surface area contributed by atoms with Gasteiger partial charge in [-0.15, -0.1) is 0 Å². The molecule has 2 atom stereocenters. The Morgan fingerprint density at radius 1 is 0.535 bits per heavy atom. The lowest BCUT2D eigenvalue weighted by Gasteiger charge is -2.40. The third-order valence-electron chi connectivity index (χ3n) is 9.58. The maximum atomic E-state index is 2.53. The van der Waals surface area contributed by atoms with Gasteiger partial charge in [0.15, 0.2) is 0 Å². The van der Waals surface area contributed by atoms with Crippen molar-refractivity contribution in [2.45, 2.75) is 58.8 Å². The minimum atomic E-state index is 0.521. The van der Waals surface area contributed by atoms with Gasteiger partial charge in [0, 0.05) is 34.7 Å². The molecule has 0 radical (unpaired) electrons. The largest absolute Gasteiger partial charge is 0.344 e. The van der Waals surface area contributed by atoms with E-state index in [4.69, 9.17) is 0 Å². The predicted octanol–water partition coefficient (Wildman–Crippen LogP) is 12.0. The third-order valence-corrected chi connectivity index (χ3v) is 9.58. The molecule has 2 heterocycles. The number of aryl methyl sites for hydroxylation is 1. The summed E-state index contributed by atoms with van der Waals surface area (Å²) in [5.41, 5.74) is 12.7. The lowest BCUT2D eigenvalue weighted by molar-refractivity contribution is 0.640. The molecule has 0 spiro atoms. The van der Waals surface area contributed by atoms with Crippen LogP contribution in [0.1, 0.15) is 69.9 Å². The van der Waals surface area contributed by atoms with Crippen molar-refractivity contribution in [1.29, 1.82) is 0 Å². The van der Waals surface area contributed by atoms with Crippen LogP contribution in [0.15, 0.2) is 109 Å². The molecule has 0 bridgehead atoms. The second-order valence-electron chi connectivity index (χ2n) is 12.2. The summed E-state index contributed by atoms with van der Waals surface area (Å²) in [7, 11) is 2.24. The van der Waals surface area contributed by atoms with Gasteiger partial charge in [-0.3, -0.25) is 0 Å². The van der Waals surface area contributed by atoms with E-state index in [-0.39, 0.29) is 0 Å². The molecule has 2 unspecified atom stereocenters. The third kappa shape index (κ3) is 4.41. The van der Waals surface area contributed by atoms with E-state index in [1.54, 1.807) is 0 Å². The first-order chi connectivity index (χ1) is 21.0. The topological polar surface area (TPSA) is 11.4 Å². The van der Waals surface area contributed by atoms with Crippen molar-refractivity contribution in [2.24, 2.45) is 7.05 Å². The summed E-state index contributed by atoms with van der Waals surface area (Å²) in [5, 5.41) is 2.66. The van der Waals surface area contributed by atoms with Gasteiger partial charge < -0.3 is 14.4 Å². The van der Waals surface area contributed by atoms with Crippen LogP contribution in [0.25, 0.3) is 21.8 Å². The zero-order valence-electron chi connectivity index (χ0n) is 26.0. The van der Waals surface area contributed by atoms with E-state index < -0.39 is 0 Å². The molecule has 0 N–H and O–H groups in total. The van der Waals surface area contributed by atoms with Crippen LogP contribution in [-0.4, -0.2) is 4.57 Å². The van der Waals surface area contributed by atoms with Crippen molar-refractivity contribution in [2.75, 3.05) is 9.80 Å². The van der Waals surface area contributed by atoms with E-state index in [0.717, 1.165) is 12.1 Å². The van der Waals surface area contributed by atoms with Crippen LogP contribution in [0.5, 0.6) is 0 Å². The first-order valence-corrected chi connectivity index (χ1v) is 15.9. The van der Waals surface area contributed by atoms with E-state index in [0.29, 0.717) is 11.8 Å². The summed E-state index contributed by atoms with van der Waals surface area (Å²) >= 11 is 0. The highest BCUT2D eigenvalue weighted by Crippen LogP contribution is 2.55. The number of nitrogens with zero attached hydrogens (tertiary/aromatic N) is 3. The molecule has 0 amide bonds. The number of hydrogen-bond acceptors (Lipinski definition) is 2. The normalized spacial score (nSPS) is 14.2. The minimum absolute atomic E-state index is 0.521. The molecule has 7 rings (SSSR count). The molecule has 3 heteroatoms. The van der Waals surface area contributed by atoms with Crippen molar-refractivity contribution >= 4 is 55.9 Å². The molecule has 1 aliphatic rings. The molecule has 216 valence electrons. The molecule has 6 aromatic rings. The highest BCUT2D eigenvalue weighted by atomic mass is 15.3. The number of rotatable bonds is 7. The quantitative estimate of drug-likeness (QED) is 0.191. The van der Waals surface area contributed by atoms with Crippen molar-refractivity contribution < 1.29 is 0 Å². The van der Waals surface area contributed by atoms with E-state index in [2.05, 4.69) is 158 Å². The number of benzene rings is 5. The zero-order valence-corrected chi connectivity index (χ0v) is 26.0. The molecule has 5 aromatic carbocycles. The van der Waals surface area contributed by atoms with Crippen molar-refractivity contribution in [3.8, 4) is 0 Å². The Morgan fingerprint density at radius 3 is 1.58 bits per heavy atom. The summed E-state index contributed by atoms with van der Waals surface area (Å²) in [6, 6.07) is 40.3. The molecule has 1 aliphatic heterocycles. The molecule has 0 saturated heterocycles. The van der Waals surface area contributed by atoms with Gasteiger partial charge in [0.1, 0.15) is 0 Å². The van der Waals surface area contributed by atoms with Gasteiger partial charge in [0.05, 0.1) is 28.3 Å². The number of anilines is 6. The lowest BCUT2D eigenvalue weighted by Crippen LogP contribution is -2.24. The van der Waals surface area contributed by atoms with Crippen LogP contribution >= 0.6 is 0 Å². The van der Waals surface area contributed by atoms with Gasteiger partial charge in [-0.2, -0.15) is 0 Å². The standard InChI is InChI=1S/C40H41N3/c1-6-16-28(4)32-24-37-33(23-31(32)27(3)7-2)34-25-39-40(26-38(34)41(37)5)43(30-19-12-9-13-20-30)36-22-15-14-21-35(36)42(39)29-17-10-8-11-18-29/h8-15,17-28H,6-7,16H2,1-5H3. The number of fused-ring (bicyclic) bond motifs is 5. The SMILES string of the molecule is CCCC(C)c1cc2c(cc1C(C)CC)c1cc3c(cc1n2C)N(c1ccccc1)c1ccccc1N3c1ccccc1. The summed E-state index contributed by atoms with van der Waals surface area (Å²) in [5.74, 6) is 1.06. The Hall–Kier alpha value is -4.50. The highest BCUT2D eigenvalue weighted by molar-refractivity contribution is 6.14. The van der Waals surface area contributed by atoms with Gasteiger partial charge in [0.25, 0.3) is 0 Å². The Kier molecular flexibility index (Phi) is 6.97. The van der Waals surface area contributed by atoms with Crippen LogP contribution < -0.4 is 9.80 Å². The van der Waals surface area contributed by atoms with Gasteiger partial charge in [-0.05, 0) is 96.5 Å². The van der Waals surface area contributed by atoms with Crippen molar-refractivity contribution in [1.82, 2.24) is 4.57 Å². The number of hydrogen-bond donors (Lipinski definition) is 0. The summed E-state index contributed by atoms with van der Waals surface area (Å²) in [6.45, 7) is 9.41. The summed E-state index contributed by atoms with van der Waals surface area (Å²) in [6.07, 6.45) is 3.55. The van der Waals surface area contributed by atoms with Crippen LogP contribution in [0.2, 0.25) is 0 Å². The zero-order chi connectivity index (χ0) is 29.7. The fourth-order valence-corrected chi connectivity index (χ4v) is 7.14. The molecule has 0 fully saturated rings. The molecule has 0 aliphatic carbocycles. The monoisotopic (exact) mass is 563 g/mol. The van der Waals surface area contributed by atoms with E-state index >= 15 is 0 Å². The van der Waals surface area contributed by atoms with Gasteiger partial charge >= 0.3 is 0 Å². The summed E-state index contributed by atoms with van der Waals surface area (Å²) in [4.78, 5) is 4.87. The maximum absolute atomic E-state index is 2.53. The predicted molar refractivity (Wildman–Crippen MR) is 185 cm³/mol. The Labute approximate surface area is 256 Å². The van der Waals surface area contributed by atoms with Crippen LogP contribution in [0.3, 0.4) is 0 Å². The smallest absolute Gasteiger partial charge is 0.0724 e. The van der Waals surface area contributed by atoms with Crippen molar-refractivity contribution in [3.63, 3.8) is 0 Å². The molecular formula is C40H41N3. The van der Waals surface area contributed by atoms with Crippen molar-refractivity contribution in [3.05, 3.63) is 120 Å². The van der Waals surface area contributed by atoms with Crippen LogP contribution in [0, 0.1) is 0 Å². The van der Waals surface area contributed by atoms with Crippen LogP contribution in [0.4, 0.5) is 34.1 Å². The highest BCUT2D eigenvalue weighted by Gasteiger charge is 2.32. The Morgan fingerprint density at radius 2 is 1.02 bits per heavy atom. The Balaban J connectivity index is 1.56. The minimum Gasteiger partial charge on any atom is -0.344 e.